The molecule has 166 valence electrons. The first-order valence-electron chi connectivity index (χ1n) is 9.98. The zero-order valence-corrected chi connectivity index (χ0v) is 18.3. The summed E-state index contributed by atoms with van der Waals surface area (Å²) in [5.41, 5.74) is 1.46. The number of para-hydroxylation sites is 2. The molecule has 8 heteroatoms. The van der Waals surface area contributed by atoms with Gasteiger partial charge in [0.25, 0.3) is 11.8 Å². The summed E-state index contributed by atoms with van der Waals surface area (Å²) in [7, 11) is 1.50. The average molecular weight is 463 g/mol. The molecule has 1 saturated heterocycles. The van der Waals surface area contributed by atoms with Gasteiger partial charge >= 0.3 is 6.03 Å². The molecule has 0 atom stereocenters. The molecular weight excluding hydrogens is 444 g/mol. The van der Waals surface area contributed by atoms with Crippen LogP contribution in [0.4, 0.5) is 10.5 Å². The summed E-state index contributed by atoms with van der Waals surface area (Å²) >= 11 is 5.94. The SMILES string of the molecule is COc1cccc(/C=C2/C(=O)NC(=O)N(c3ccccc3)C2=O)c1OCc1ccc(Cl)cc1. The van der Waals surface area contributed by atoms with Crippen molar-refractivity contribution >= 4 is 41.2 Å². The van der Waals surface area contributed by atoms with Gasteiger partial charge in [0.05, 0.1) is 12.8 Å². The summed E-state index contributed by atoms with van der Waals surface area (Å²) in [5.74, 6) is -0.741. The van der Waals surface area contributed by atoms with E-state index in [4.69, 9.17) is 21.1 Å². The highest BCUT2D eigenvalue weighted by molar-refractivity contribution is 6.39. The summed E-state index contributed by atoms with van der Waals surface area (Å²) in [6.45, 7) is 0.211. The standard InChI is InChI=1S/C25H19ClN2O5/c1-32-21-9-5-6-17(22(21)33-15-16-10-12-18(26)13-11-16)14-20-23(29)27-25(31)28(24(20)30)19-7-3-2-4-8-19/h2-14H,15H2,1H3,(H,27,29,31)/b20-14-. The van der Waals surface area contributed by atoms with Gasteiger partial charge in [0.2, 0.25) is 0 Å². The number of methoxy groups -OCH3 is 1. The zero-order chi connectivity index (χ0) is 23.4. The summed E-state index contributed by atoms with van der Waals surface area (Å²) in [4.78, 5) is 38.9. The topological polar surface area (TPSA) is 84.9 Å². The van der Waals surface area contributed by atoms with Gasteiger partial charge in [0.15, 0.2) is 11.5 Å². The van der Waals surface area contributed by atoms with E-state index in [9.17, 15) is 14.4 Å². The minimum atomic E-state index is -0.807. The first-order valence-corrected chi connectivity index (χ1v) is 10.4. The molecule has 0 aromatic heterocycles. The largest absolute Gasteiger partial charge is 0.493 e. The second-order valence-electron chi connectivity index (χ2n) is 7.09. The Bertz CT molecular complexity index is 1240. The van der Waals surface area contributed by atoms with Crippen molar-refractivity contribution in [1.29, 1.82) is 0 Å². The van der Waals surface area contributed by atoms with Crippen molar-refractivity contribution in [2.24, 2.45) is 0 Å². The molecule has 4 amide bonds. The third-order valence-electron chi connectivity index (χ3n) is 4.94. The van der Waals surface area contributed by atoms with Crippen LogP contribution in [-0.4, -0.2) is 25.0 Å². The monoisotopic (exact) mass is 462 g/mol. The van der Waals surface area contributed by atoms with Crippen LogP contribution >= 0.6 is 11.6 Å². The minimum absolute atomic E-state index is 0.206. The van der Waals surface area contributed by atoms with Crippen LogP contribution < -0.4 is 19.7 Å². The molecule has 1 aliphatic rings. The maximum Gasteiger partial charge on any atom is 0.335 e. The number of benzene rings is 3. The number of imide groups is 2. The molecule has 0 aliphatic carbocycles. The number of barbiturate groups is 1. The maximum atomic E-state index is 13.1. The van der Waals surface area contributed by atoms with Gasteiger partial charge in [-0.3, -0.25) is 14.9 Å². The predicted molar refractivity (Wildman–Crippen MR) is 124 cm³/mol. The van der Waals surface area contributed by atoms with Crippen LogP contribution in [0.15, 0.2) is 78.4 Å². The number of hydrogen-bond donors (Lipinski definition) is 1. The fraction of sp³-hybridized carbons (Fsp3) is 0.0800. The van der Waals surface area contributed by atoms with Crippen LogP contribution in [0.25, 0.3) is 6.08 Å². The van der Waals surface area contributed by atoms with Gasteiger partial charge in [-0.15, -0.1) is 0 Å². The Labute approximate surface area is 195 Å². The lowest BCUT2D eigenvalue weighted by Crippen LogP contribution is -2.54. The molecule has 0 unspecified atom stereocenters. The summed E-state index contributed by atoms with van der Waals surface area (Å²) in [6.07, 6.45) is 1.39. The third-order valence-corrected chi connectivity index (χ3v) is 5.19. The van der Waals surface area contributed by atoms with E-state index in [0.29, 0.717) is 27.8 Å². The normalized spacial score (nSPS) is 14.9. The fourth-order valence-electron chi connectivity index (χ4n) is 3.32. The van der Waals surface area contributed by atoms with Gasteiger partial charge in [-0.1, -0.05) is 54.1 Å². The number of urea groups is 1. The number of hydrogen-bond acceptors (Lipinski definition) is 5. The molecule has 1 aliphatic heterocycles. The lowest BCUT2D eigenvalue weighted by molar-refractivity contribution is -0.122. The Morgan fingerprint density at radius 1 is 0.939 bits per heavy atom. The van der Waals surface area contributed by atoms with Crippen molar-refractivity contribution in [3.8, 4) is 11.5 Å². The van der Waals surface area contributed by atoms with Crippen LogP contribution in [0.2, 0.25) is 5.02 Å². The Morgan fingerprint density at radius 3 is 2.36 bits per heavy atom. The minimum Gasteiger partial charge on any atom is -0.493 e. The number of amides is 4. The Kier molecular flexibility index (Phi) is 6.42. The highest BCUT2D eigenvalue weighted by Gasteiger charge is 2.37. The zero-order valence-electron chi connectivity index (χ0n) is 17.6. The second-order valence-corrected chi connectivity index (χ2v) is 7.52. The molecule has 0 radical (unpaired) electrons. The van der Waals surface area contributed by atoms with Gasteiger partial charge in [0, 0.05) is 10.6 Å². The molecule has 0 saturated carbocycles. The number of carbonyl (C=O) groups excluding carboxylic acids is 3. The van der Waals surface area contributed by atoms with E-state index in [0.717, 1.165) is 10.5 Å². The van der Waals surface area contributed by atoms with Crippen LogP contribution in [0.3, 0.4) is 0 Å². The van der Waals surface area contributed by atoms with Crippen molar-refractivity contribution in [3.63, 3.8) is 0 Å². The van der Waals surface area contributed by atoms with E-state index in [-0.39, 0.29) is 12.2 Å². The Balaban J connectivity index is 1.69. The van der Waals surface area contributed by atoms with Crippen LogP contribution in [-0.2, 0) is 16.2 Å². The van der Waals surface area contributed by atoms with E-state index >= 15 is 0 Å². The molecule has 0 bridgehead atoms. The first-order chi connectivity index (χ1) is 16.0. The van der Waals surface area contributed by atoms with Gasteiger partial charge < -0.3 is 9.47 Å². The Morgan fingerprint density at radius 2 is 1.67 bits per heavy atom. The highest BCUT2D eigenvalue weighted by atomic mass is 35.5. The molecule has 7 nitrogen and oxygen atoms in total. The molecule has 0 spiro atoms. The number of carbonyl (C=O) groups is 3. The van der Waals surface area contributed by atoms with Crippen molar-refractivity contribution in [1.82, 2.24) is 5.32 Å². The Hall–Kier alpha value is -4.10. The number of nitrogens with one attached hydrogen (secondary N) is 1. The van der Waals surface area contributed by atoms with E-state index in [1.807, 2.05) is 12.1 Å². The summed E-state index contributed by atoms with van der Waals surface area (Å²) < 4.78 is 11.4. The van der Waals surface area contributed by atoms with Crippen molar-refractivity contribution in [2.45, 2.75) is 6.61 Å². The van der Waals surface area contributed by atoms with E-state index in [2.05, 4.69) is 5.32 Å². The van der Waals surface area contributed by atoms with Crippen molar-refractivity contribution < 1.29 is 23.9 Å². The van der Waals surface area contributed by atoms with Gasteiger partial charge in [-0.25, -0.2) is 9.69 Å². The molecule has 3 aromatic rings. The number of nitrogens with zero attached hydrogens (tertiary/aromatic N) is 1. The first kappa shape index (κ1) is 22.1. The maximum absolute atomic E-state index is 13.1. The van der Waals surface area contributed by atoms with Crippen LogP contribution in [0, 0.1) is 0 Å². The highest BCUT2D eigenvalue weighted by Crippen LogP contribution is 2.34. The summed E-state index contributed by atoms with van der Waals surface area (Å²) in [5, 5.41) is 2.83. The molecule has 1 fully saturated rings. The smallest absolute Gasteiger partial charge is 0.335 e. The number of anilines is 1. The number of rotatable bonds is 6. The van der Waals surface area contributed by atoms with Crippen molar-refractivity contribution in [2.75, 3.05) is 12.0 Å². The van der Waals surface area contributed by atoms with Gasteiger partial charge in [0.1, 0.15) is 12.2 Å². The predicted octanol–water partition coefficient (Wildman–Crippen LogP) is 4.59. The molecule has 1 heterocycles. The van der Waals surface area contributed by atoms with Crippen molar-refractivity contribution in [3.05, 3.63) is 94.5 Å². The quantitative estimate of drug-likeness (QED) is 0.427. The fourth-order valence-corrected chi connectivity index (χ4v) is 3.45. The van der Waals surface area contributed by atoms with Crippen LogP contribution in [0.5, 0.6) is 11.5 Å². The van der Waals surface area contributed by atoms with E-state index in [1.54, 1.807) is 60.7 Å². The molecule has 3 aromatic carbocycles. The molecule has 1 N–H and O–H groups in total. The molecular formula is C25H19ClN2O5. The molecule has 33 heavy (non-hydrogen) atoms. The number of ether oxygens (including phenoxy) is 2. The van der Waals surface area contributed by atoms with E-state index < -0.39 is 17.8 Å². The molecule has 4 rings (SSSR count). The lowest BCUT2D eigenvalue weighted by Gasteiger charge is -2.26. The van der Waals surface area contributed by atoms with Crippen LogP contribution in [0.1, 0.15) is 11.1 Å². The summed E-state index contributed by atoms with van der Waals surface area (Å²) in [6, 6.07) is 19.8. The average Bonchev–Trinajstić information content (AvgIpc) is 2.82. The third kappa shape index (κ3) is 4.73. The van der Waals surface area contributed by atoms with Gasteiger partial charge in [-0.05, 0) is 42.0 Å². The van der Waals surface area contributed by atoms with E-state index in [1.165, 1.54) is 13.2 Å². The lowest BCUT2D eigenvalue weighted by atomic mass is 10.1. The second kappa shape index (κ2) is 9.58. The number of halogens is 1. The van der Waals surface area contributed by atoms with Gasteiger partial charge in [-0.2, -0.15) is 0 Å².